The molecule has 8 rings (SSSR count). The summed E-state index contributed by atoms with van der Waals surface area (Å²) in [6, 6.07) is 51.3. The van der Waals surface area contributed by atoms with E-state index in [1.165, 1.54) is 11.1 Å². The zero-order valence-electron chi connectivity index (χ0n) is 25.1. The van der Waals surface area contributed by atoms with Crippen LogP contribution in [0.4, 0.5) is 0 Å². The molecule has 0 aliphatic rings. The van der Waals surface area contributed by atoms with E-state index in [4.69, 9.17) is 9.40 Å². The van der Waals surface area contributed by atoms with Crippen molar-refractivity contribution in [2.45, 2.75) is 13.3 Å². The van der Waals surface area contributed by atoms with Crippen molar-refractivity contribution in [1.29, 1.82) is 0 Å². The van der Waals surface area contributed by atoms with Crippen LogP contribution in [0.15, 0.2) is 150 Å². The first-order valence-electron chi connectivity index (χ1n) is 14.9. The summed E-state index contributed by atoms with van der Waals surface area (Å²) in [7, 11) is 0. The minimum atomic E-state index is 0. The molecule has 0 saturated carbocycles. The van der Waals surface area contributed by atoms with Crippen molar-refractivity contribution >= 4 is 22.1 Å². The Morgan fingerprint density at radius 2 is 1.46 bits per heavy atom. The second kappa shape index (κ2) is 14.3. The molecule has 225 valence electrons. The number of furan rings is 1. The van der Waals surface area contributed by atoms with Crippen LogP contribution in [0.5, 0.6) is 0 Å². The van der Waals surface area contributed by atoms with Gasteiger partial charge in [-0.2, -0.15) is 0 Å². The summed E-state index contributed by atoms with van der Waals surface area (Å²) in [5.74, 6) is 0. The molecule has 1 radical (unpaired) electrons. The van der Waals surface area contributed by atoms with Crippen LogP contribution < -0.4 is 0 Å². The van der Waals surface area contributed by atoms with Crippen LogP contribution in [0.25, 0.3) is 55.7 Å². The van der Waals surface area contributed by atoms with E-state index in [0.29, 0.717) is 5.71 Å². The van der Waals surface area contributed by atoms with Gasteiger partial charge >= 0.3 is 0 Å². The molecule has 8 aromatic rings. The summed E-state index contributed by atoms with van der Waals surface area (Å²) in [6.07, 6.45) is 4.48. The summed E-state index contributed by atoms with van der Waals surface area (Å²) in [6.45, 7) is 2.03. The van der Waals surface area contributed by atoms with Gasteiger partial charge in [-0.3, -0.25) is 0 Å². The molecule has 0 fully saturated rings. The number of nitrogens with zero attached hydrogens (tertiary/aromatic N) is 3. The largest absolute Gasteiger partial charge is 0.486 e. The Balaban J connectivity index is 0.000000223. The number of benzene rings is 4. The van der Waals surface area contributed by atoms with E-state index in [9.17, 15) is 0 Å². The zero-order chi connectivity index (χ0) is 30.4. The Bertz CT molecular complexity index is 2180. The Morgan fingerprint density at radius 1 is 0.652 bits per heavy atom. The van der Waals surface area contributed by atoms with Gasteiger partial charge in [-0.25, -0.2) is 4.98 Å². The second-order valence-electron chi connectivity index (χ2n) is 10.8. The van der Waals surface area contributed by atoms with E-state index in [1.807, 2.05) is 104 Å². The zero-order valence-corrected chi connectivity index (χ0v) is 27.5. The molecule has 4 aromatic heterocycles. The molecule has 5 heteroatoms. The van der Waals surface area contributed by atoms with Gasteiger partial charge < -0.3 is 14.4 Å². The number of fused-ring (bicyclic) bond motifs is 3. The molecular weight excluding hydrogens is 743 g/mol. The van der Waals surface area contributed by atoms with E-state index in [2.05, 4.69) is 70.6 Å². The first-order chi connectivity index (χ1) is 22.2. The van der Waals surface area contributed by atoms with Gasteiger partial charge in [-0.1, -0.05) is 89.8 Å². The molecule has 0 bridgehead atoms. The van der Waals surface area contributed by atoms with Gasteiger partial charge in [0.25, 0.3) is 0 Å². The van der Waals surface area contributed by atoms with Crippen molar-refractivity contribution in [3.63, 3.8) is 0 Å². The summed E-state index contributed by atoms with van der Waals surface area (Å²) in [5, 5.41) is 2.03. The summed E-state index contributed by atoms with van der Waals surface area (Å²) < 4.78 is 6.28. The third-order valence-electron chi connectivity index (χ3n) is 7.60. The third-order valence-corrected chi connectivity index (χ3v) is 7.60. The maximum absolute atomic E-state index is 6.28. The van der Waals surface area contributed by atoms with Crippen LogP contribution in [0, 0.1) is 19.1 Å². The van der Waals surface area contributed by atoms with E-state index < -0.39 is 0 Å². The predicted molar refractivity (Wildman–Crippen MR) is 182 cm³/mol. The monoisotopic (exact) mass is 772 g/mol. The molecule has 4 heterocycles. The standard InChI is InChI=1S/C29H19N2O.C12H10N.Ir/c1-3-8-20(9-4-1)18-23-14-15-25-24-12-7-13-26(28(24)32-29(25)31-23)27-19-22(16-17-30-27)21-10-5-2-6-11-21;1-10-7-8-12(13-9-10)11-5-3-2-4-6-11;/h1-12,14-17,19H,18H2;2-5,7-9H,1H3;/q2*-1;. The SMILES string of the molecule is Cc1ccc(-c2[c-]cccc2)nc1.[Ir].[c-]1ccc2c(oc3nc(Cc4ccccc4)ccc32)c1-c1cc(-c2ccccc2)ccn1. The van der Waals surface area contributed by atoms with Gasteiger partial charge in [0, 0.05) is 50.0 Å². The van der Waals surface area contributed by atoms with Gasteiger partial charge in [0.2, 0.25) is 5.71 Å². The Labute approximate surface area is 282 Å². The number of hydrogen-bond donors (Lipinski definition) is 0. The predicted octanol–water partition coefficient (Wildman–Crippen LogP) is 9.96. The summed E-state index contributed by atoms with van der Waals surface area (Å²) >= 11 is 0. The molecule has 0 unspecified atom stereocenters. The first kappa shape index (κ1) is 30.8. The number of pyridine rings is 3. The Morgan fingerprint density at radius 3 is 2.22 bits per heavy atom. The van der Waals surface area contributed by atoms with Crippen molar-refractivity contribution in [2.75, 3.05) is 0 Å². The maximum atomic E-state index is 6.28. The smallest absolute Gasteiger partial charge is 0.216 e. The molecule has 0 saturated heterocycles. The molecule has 46 heavy (non-hydrogen) atoms. The van der Waals surface area contributed by atoms with E-state index >= 15 is 0 Å². The molecule has 0 N–H and O–H groups in total. The molecule has 0 aliphatic carbocycles. The summed E-state index contributed by atoms with van der Waals surface area (Å²) in [4.78, 5) is 13.7. The molecule has 0 atom stereocenters. The van der Waals surface area contributed by atoms with Crippen LogP contribution in [0.2, 0.25) is 0 Å². The minimum absolute atomic E-state index is 0. The Hall–Kier alpha value is -5.22. The van der Waals surface area contributed by atoms with Crippen LogP contribution >= 0.6 is 0 Å². The van der Waals surface area contributed by atoms with Crippen molar-refractivity contribution in [1.82, 2.24) is 15.0 Å². The van der Waals surface area contributed by atoms with Crippen molar-refractivity contribution in [3.05, 3.63) is 175 Å². The van der Waals surface area contributed by atoms with Crippen LogP contribution in [-0.4, -0.2) is 15.0 Å². The molecule has 4 aromatic carbocycles. The quantitative estimate of drug-likeness (QED) is 0.164. The van der Waals surface area contributed by atoms with Gasteiger partial charge in [-0.05, 0) is 58.8 Å². The third kappa shape index (κ3) is 6.87. The normalized spacial score (nSPS) is 10.6. The number of aromatic nitrogens is 3. The first-order valence-corrected chi connectivity index (χ1v) is 14.9. The van der Waals surface area contributed by atoms with E-state index in [1.54, 1.807) is 0 Å². The van der Waals surface area contributed by atoms with Gasteiger partial charge in [0.05, 0.1) is 5.58 Å². The average molecular weight is 772 g/mol. The van der Waals surface area contributed by atoms with Crippen LogP contribution in [0.1, 0.15) is 16.8 Å². The molecular formula is C41H29IrN3O-2. The van der Waals surface area contributed by atoms with Crippen molar-refractivity contribution in [2.24, 2.45) is 0 Å². The fourth-order valence-corrected chi connectivity index (χ4v) is 5.31. The minimum Gasteiger partial charge on any atom is -0.486 e. The van der Waals surface area contributed by atoms with E-state index in [0.717, 1.165) is 62.1 Å². The topological polar surface area (TPSA) is 51.8 Å². The van der Waals surface area contributed by atoms with Gasteiger partial charge in [0.15, 0.2) is 0 Å². The molecule has 0 aliphatic heterocycles. The number of aryl methyl sites for hydroxylation is 1. The molecule has 0 amide bonds. The Kier molecular flexibility index (Phi) is 9.54. The average Bonchev–Trinajstić information content (AvgIpc) is 3.48. The fraction of sp³-hybridized carbons (Fsp3) is 0.0488. The van der Waals surface area contributed by atoms with E-state index in [-0.39, 0.29) is 20.1 Å². The van der Waals surface area contributed by atoms with Gasteiger partial charge in [0.1, 0.15) is 0 Å². The second-order valence-corrected chi connectivity index (χ2v) is 10.8. The molecule has 4 nitrogen and oxygen atoms in total. The van der Waals surface area contributed by atoms with Crippen LogP contribution in [0.3, 0.4) is 0 Å². The molecule has 0 spiro atoms. The number of hydrogen-bond acceptors (Lipinski definition) is 4. The van der Waals surface area contributed by atoms with Crippen molar-refractivity contribution in [3.8, 4) is 33.6 Å². The van der Waals surface area contributed by atoms with Crippen LogP contribution in [-0.2, 0) is 26.5 Å². The van der Waals surface area contributed by atoms with Gasteiger partial charge in [-0.15, -0.1) is 54.1 Å². The maximum Gasteiger partial charge on any atom is 0.216 e. The summed E-state index contributed by atoms with van der Waals surface area (Å²) in [5.41, 5.74) is 10.8. The van der Waals surface area contributed by atoms with Crippen molar-refractivity contribution < 1.29 is 24.5 Å². The fourth-order valence-electron chi connectivity index (χ4n) is 5.31. The number of rotatable bonds is 5.